The molecule has 46 heavy (non-hydrogen) atoms. The number of nitrogens with two attached hydrogens (primary N) is 1. The Labute approximate surface area is 267 Å². The molecule has 1 aliphatic heterocycles. The second-order valence-electron chi connectivity index (χ2n) is 11.4. The van der Waals surface area contributed by atoms with Crippen molar-refractivity contribution >= 4 is 44.0 Å². The molecule has 12 heteroatoms. The van der Waals surface area contributed by atoms with E-state index in [2.05, 4.69) is 10.3 Å². The van der Waals surface area contributed by atoms with Gasteiger partial charge < -0.3 is 25.4 Å². The molecule has 0 unspecified atom stereocenters. The second kappa shape index (κ2) is 13.3. The van der Waals surface area contributed by atoms with Gasteiger partial charge in [-0.25, -0.2) is 17.8 Å². The van der Waals surface area contributed by atoms with Crippen LogP contribution in [0.15, 0.2) is 77.8 Å². The van der Waals surface area contributed by atoms with Crippen LogP contribution >= 0.6 is 0 Å². The van der Waals surface area contributed by atoms with Gasteiger partial charge in [-0.05, 0) is 86.7 Å². The number of aromatic nitrogens is 1. The van der Waals surface area contributed by atoms with Crippen LogP contribution in [0.4, 0.5) is 15.9 Å². The van der Waals surface area contributed by atoms with Crippen LogP contribution in [-0.4, -0.2) is 55.7 Å². The molecule has 1 fully saturated rings. The van der Waals surface area contributed by atoms with Gasteiger partial charge in [-0.2, -0.15) is 0 Å². The maximum absolute atomic E-state index is 15.7. The van der Waals surface area contributed by atoms with Crippen molar-refractivity contribution in [2.75, 3.05) is 31.3 Å². The standard InChI is InChI=1S/C34H37FN4O6S/c1-5-45-23-11-13-28(35)27(19-23)30(38-22-10-12-24-21(18-22)14-16-37-32(24)36)33(40)39-17-15-26(34(41)44-4)31(39)25-8-6-7-9-29(25)46(42,43)20(2)3/h6-14,16,18-20,26,30-31,38H,5,15,17H2,1-4H3,(H2,36,37)/t26-,30-,31-/m0/s1. The first-order valence-electron chi connectivity index (χ1n) is 15.0. The monoisotopic (exact) mass is 648 g/mol. The quantitative estimate of drug-likeness (QED) is 0.215. The Morgan fingerprint density at radius 1 is 1.11 bits per heavy atom. The van der Waals surface area contributed by atoms with Crippen molar-refractivity contribution in [3.05, 3.63) is 89.9 Å². The Morgan fingerprint density at radius 3 is 2.59 bits per heavy atom. The van der Waals surface area contributed by atoms with Crippen molar-refractivity contribution in [2.45, 2.75) is 49.4 Å². The highest BCUT2D eigenvalue weighted by atomic mass is 32.2. The van der Waals surface area contributed by atoms with E-state index >= 15 is 4.39 Å². The topological polar surface area (TPSA) is 141 Å². The van der Waals surface area contributed by atoms with Gasteiger partial charge in [0.15, 0.2) is 9.84 Å². The molecular weight excluding hydrogens is 611 g/mol. The van der Waals surface area contributed by atoms with E-state index in [-0.39, 0.29) is 23.4 Å². The smallest absolute Gasteiger partial charge is 0.311 e. The summed E-state index contributed by atoms with van der Waals surface area (Å²) < 4.78 is 53.4. The molecule has 5 rings (SSSR count). The van der Waals surface area contributed by atoms with Gasteiger partial charge in [-0.3, -0.25) is 9.59 Å². The van der Waals surface area contributed by atoms with Crippen molar-refractivity contribution in [1.82, 2.24) is 9.88 Å². The van der Waals surface area contributed by atoms with Gasteiger partial charge in [0.1, 0.15) is 23.4 Å². The summed E-state index contributed by atoms with van der Waals surface area (Å²) in [6.45, 7) is 5.37. The Balaban J connectivity index is 1.65. The third-order valence-corrected chi connectivity index (χ3v) is 10.5. The molecule has 3 N–H and O–H groups in total. The predicted octanol–water partition coefficient (Wildman–Crippen LogP) is 5.45. The van der Waals surface area contributed by atoms with Crippen molar-refractivity contribution < 1.29 is 31.9 Å². The van der Waals surface area contributed by atoms with Crippen LogP contribution in [0.25, 0.3) is 10.8 Å². The van der Waals surface area contributed by atoms with Crippen molar-refractivity contribution in [2.24, 2.45) is 5.92 Å². The fraction of sp³-hybridized carbons (Fsp3) is 0.324. The average Bonchev–Trinajstić information content (AvgIpc) is 3.49. The fourth-order valence-corrected chi connectivity index (χ4v) is 7.25. The summed E-state index contributed by atoms with van der Waals surface area (Å²) in [4.78, 5) is 33.4. The van der Waals surface area contributed by atoms with Gasteiger partial charge in [-0.1, -0.05) is 18.2 Å². The fourth-order valence-electron chi connectivity index (χ4n) is 5.96. The number of fused-ring (bicyclic) bond motifs is 1. The third kappa shape index (κ3) is 6.21. The van der Waals surface area contributed by atoms with E-state index in [0.717, 1.165) is 5.39 Å². The first-order valence-corrected chi connectivity index (χ1v) is 16.6. The molecule has 1 aromatic heterocycles. The molecule has 0 bridgehead atoms. The average molecular weight is 649 g/mol. The van der Waals surface area contributed by atoms with E-state index < -0.39 is 50.8 Å². The molecule has 0 saturated carbocycles. The van der Waals surface area contributed by atoms with Crippen LogP contribution in [0.2, 0.25) is 0 Å². The molecule has 0 radical (unpaired) electrons. The molecular formula is C34H37FN4O6S. The number of benzene rings is 3. The SMILES string of the molecule is CCOc1ccc(F)c([C@H](Nc2ccc3c(N)nccc3c2)C(=O)N2CC[C@H](C(=O)OC)[C@@H]2c2ccccc2S(=O)(=O)C(C)C)c1. The summed E-state index contributed by atoms with van der Waals surface area (Å²) in [5.41, 5.74) is 6.86. The van der Waals surface area contributed by atoms with Crippen LogP contribution in [0.1, 0.15) is 50.4 Å². The van der Waals surface area contributed by atoms with Gasteiger partial charge in [0.05, 0.1) is 35.8 Å². The van der Waals surface area contributed by atoms with Crippen LogP contribution in [0.5, 0.6) is 5.75 Å². The number of carbonyl (C=O) groups excluding carboxylic acids is 2. The lowest BCUT2D eigenvalue weighted by Crippen LogP contribution is -2.40. The summed E-state index contributed by atoms with van der Waals surface area (Å²) in [7, 11) is -2.56. The molecule has 2 heterocycles. The Hall–Kier alpha value is -4.71. The lowest BCUT2D eigenvalue weighted by Gasteiger charge is -2.33. The lowest BCUT2D eigenvalue weighted by molar-refractivity contribution is -0.147. The maximum atomic E-state index is 15.7. The molecule has 10 nitrogen and oxygen atoms in total. The van der Waals surface area contributed by atoms with Gasteiger partial charge in [0, 0.05) is 29.4 Å². The summed E-state index contributed by atoms with van der Waals surface area (Å²) >= 11 is 0. The summed E-state index contributed by atoms with van der Waals surface area (Å²) in [5, 5.41) is 3.92. The molecule has 1 aliphatic rings. The number of methoxy groups -OCH3 is 1. The maximum Gasteiger partial charge on any atom is 0.311 e. The van der Waals surface area contributed by atoms with E-state index in [0.29, 0.717) is 34.8 Å². The number of hydrogen-bond donors (Lipinski definition) is 2. The van der Waals surface area contributed by atoms with Crippen LogP contribution < -0.4 is 15.8 Å². The van der Waals surface area contributed by atoms with Gasteiger partial charge in [0.25, 0.3) is 0 Å². The summed E-state index contributed by atoms with van der Waals surface area (Å²) in [6.07, 6.45) is 1.79. The van der Waals surface area contributed by atoms with E-state index in [1.54, 1.807) is 69.4 Å². The van der Waals surface area contributed by atoms with Gasteiger partial charge in [0.2, 0.25) is 5.91 Å². The zero-order valence-corrected chi connectivity index (χ0v) is 26.9. The van der Waals surface area contributed by atoms with Crippen molar-refractivity contribution in [1.29, 1.82) is 0 Å². The van der Waals surface area contributed by atoms with E-state index in [4.69, 9.17) is 15.2 Å². The first-order chi connectivity index (χ1) is 22.0. The number of hydrogen-bond acceptors (Lipinski definition) is 9. The highest BCUT2D eigenvalue weighted by Gasteiger charge is 2.46. The zero-order valence-electron chi connectivity index (χ0n) is 26.1. The van der Waals surface area contributed by atoms with Gasteiger partial charge >= 0.3 is 5.97 Å². The lowest BCUT2D eigenvalue weighted by atomic mass is 9.93. The van der Waals surface area contributed by atoms with E-state index in [1.807, 2.05) is 0 Å². The van der Waals surface area contributed by atoms with E-state index in [9.17, 15) is 18.0 Å². The number of nitrogen functional groups attached to an aromatic ring is 1. The van der Waals surface area contributed by atoms with Crippen LogP contribution in [0, 0.1) is 11.7 Å². The molecule has 1 amide bonds. The first kappa shape index (κ1) is 32.7. The Kier molecular flexibility index (Phi) is 9.47. The number of esters is 1. The number of rotatable bonds is 10. The van der Waals surface area contributed by atoms with Crippen LogP contribution in [-0.2, 0) is 24.2 Å². The molecule has 0 aliphatic carbocycles. The number of pyridine rings is 1. The number of nitrogens with zero attached hydrogens (tertiary/aromatic N) is 2. The zero-order chi connectivity index (χ0) is 33.2. The molecule has 242 valence electrons. The molecule has 4 aromatic rings. The number of carbonyl (C=O) groups is 2. The number of amides is 1. The molecule has 0 spiro atoms. The summed E-state index contributed by atoms with van der Waals surface area (Å²) in [5.74, 6) is -1.92. The molecule has 3 aromatic carbocycles. The predicted molar refractivity (Wildman–Crippen MR) is 173 cm³/mol. The minimum Gasteiger partial charge on any atom is -0.494 e. The number of ether oxygens (including phenoxy) is 2. The minimum absolute atomic E-state index is 0.0219. The normalized spacial score (nSPS) is 17.2. The van der Waals surface area contributed by atoms with Crippen molar-refractivity contribution in [3.63, 3.8) is 0 Å². The number of likely N-dealkylation sites (tertiary alicyclic amines) is 1. The Morgan fingerprint density at radius 2 is 1.87 bits per heavy atom. The van der Waals surface area contributed by atoms with Crippen LogP contribution in [0.3, 0.4) is 0 Å². The second-order valence-corrected chi connectivity index (χ2v) is 13.8. The highest BCUT2D eigenvalue weighted by Crippen LogP contribution is 2.43. The molecule has 1 saturated heterocycles. The van der Waals surface area contributed by atoms with Gasteiger partial charge in [-0.15, -0.1) is 0 Å². The Bertz CT molecular complexity index is 1880. The largest absolute Gasteiger partial charge is 0.494 e. The minimum atomic E-state index is -3.81. The number of sulfone groups is 1. The van der Waals surface area contributed by atoms with Crippen molar-refractivity contribution in [3.8, 4) is 5.75 Å². The highest BCUT2D eigenvalue weighted by molar-refractivity contribution is 7.92. The summed E-state index contributed by atoms with van der Waals surface area (Å²) in [6, 6.07) is 15.3. The number of anilines is 2. The number of halogens is 1. The number of nitrogens with one attached hydrogen (secondary N) is 1. The van der Waals surface area contributed by atoms with E-state index in [1.165, 1.54) is 36.3 Å². The third-order valence-electron chi connectivity index (χ3n) is 8.29. The molecule has 3 atom stereocenters.